The van der Waals surface area contributed by atoms with Crippen LogP contribution in [0.2, 0.25) is 0 Å². The van der Waals surface area contributed by atoms with Crippen LogP contribution < -0.4 is 0 Å². The standard InChI is InChI=1S/C21H40O4/c1-5-8-10-12-14-19(22)24-17-21(4,16-7-3)18-25-20(23)15-13-11-9-6-2/h5-18H2,1-4H3. The van der Waals surface area contributed by atoms with Crippen LogP contribution in [-0.4, -0.2) is 25.2 Å². The van der Waals surface area contributed by atoms with Crippen molar-refractivity contribution >= 4 is 11.9 Å². The van der Waals surface area contributed by atoms with E-state index < -0.39 is 0 Å². The molecule has 0 amide bonds. The largest absolute Gasteiger partial charge is 0.465 e. The first kappa shape index (κ1) is 23.9. The van der Waals surface area contributed by atoms with Gasteiger partial charge in [-0.3, -0.25) is 9.59 Å². The van der Waals surface area contributed by atoms with Crippen LogP contribution in [0.1, 0.15) is 105 Å². The van der Waals surface area contributed by atoms with Gasteiger partial charge in [0.1, 0.15) is 0 Å². The lowest BCUT2D eigenvalue weighted by molar-refractivity contribution is -0.153. The molecule has 0 rings (SSSR count). The van der Waals surface area contributed by atoms with Crippen molar-refractivity contribution in [3.05, 3.63) is 0 Å². The summed E-state index contributed by atoms with van der Waals surface area (Å²) in [5.74, 6) is -0.270. The Labute approximate surface area is 155 Å². The molecule has 4 heteroatoms. The van der Waals surface area contributed by atoms with E-state index >= 15 is 0 Å². The minimum atomic E-state index is -0.285. The van der Waals surface area contributed by atoms with Gasteiger partial charge in [-0.25, -0.2) is 0 Å². The molecule has 4 nitrogen and oxygen atoms in total. The van der Waals surface area contributed by atoms with E-state index in [1.165, 1.54) is 0 Å². The maximum absolute atomic E-state index is 11.9. The molecule has 0 spiro atoms. The molecule has 0 heterocycles. The number of carbonyl (C=O) groups is 2. The van der Waals surface area contributed by atoms with Gasteiger partial charge in [0.15, 0.2) is 0 Å². The summed E-state index contributed by atoms with van der Waals surface area (Å²) >= 11 is 0. The lowest BCUT2D eigenvalue weighted by Crippen LogP contribution is -2.31. The minimum Gasteiger partial charge on any atom is -0.465 e. The van der Waals surface area contributed by atoms with Gasteiger partial charge in [0.25, 0.3) is 0 Å². The first-order valence-electron chi connectivity index (χ1n) is 10.3. The second-order valence-electron chi connectivity index (χ2n) is 7.50. The van der Waals surface area contributed by atoms with E-state index in [4.69, 9.17) is 9.47 Å². The number of rotatable bonds is 16. The Morgan fingerprint density at radius 3 is 1.48 bits per heavy atom. The first-order chi connectivity index (χ1) is 12.0. The van der Waals surface area contributed by atoms with Crippen molar-refractivity contribution in [3.63, 3.8) is 0 Å². The van der Waals surface area contributed by atoms with Crippen LogP contribution in [0.25, 0.3) is 0 Å². The molecule has 148 valence electrons. The van der Waals surface area contributed by atoms with Crippen molar-refractivity contribution in [1.82, 2.24) is 0 Å². The molecule has 0 aromatic heterocycles. The molecule has 0 radical (unpaired) electrons. The molecule has 0 fully saturated rings. The van der Waals surface area contributed by atoms with Crippen molar-refractivity contribution in [2.75, 3.05) is 13.2 Å². The highest BCUT2D eigenvalue weighted by Gasteiger charge is 2.27. The van der Waals surface area contributed by atoms with Crippen molar-refractivity contribution < 1.29 is 19.1 Å². The zero-order valence-electron chi connectivity index (χ0n) is 17.0. The summed E-state index contributed by atoms with van der Waals surface area (Å²) in [5.41, 5.74) is -0.285. The van der Waals surface area contributed by atoms with Crippen LogP contribution in [-0.2, 0) is 19.1 Å². The average molecular weight is 357 g/mol. The first-order valence-corrected chi connectivity index (χ1v) is 10.3. The van der Waals surface area contributed by atoms with Gasteiger partial charge in [-0.2, -0.15) is 0 Å². The summed E-state index contributed by atoms with van der Waals surface area (Å²) in [6, 6.07) is 0. The van der Waals surface area contributed by atoms with E-state index in [2.05, 4.69) is 20.8 Å². The smallest absolute Gasteiger partial charge is 0.305 e. The predicted octanol–water partition coefficient (Wildman–Crippen LogP) is 5.82. The predicted molar refractivity (Wildman–Crippen MR) is 102 cm³/mol. The fourth-order valence-electron chi connectivity index (χ4n) is 2.84. The molecule has 0 unspecified atom stereocenters. The highest BCUT2D eigenvalue weighted by molar-refractivity contribution is 5.69. The zero-order chi connectivity index (χ0) is 19.0. The Kier molecular flexibility index (Phi) is 14.6. The Balaban J connectivity index is 4.12. The second kappa shape index (κ2) is 15.2. The van der Waals surface area contributed by atoms with E-state index in [1.807, 2.05) is 6.92 Å². The fraction of sp³-hybridized carbons (Fsp3) is 0.905. The highest BCUT2D eigenvalue weighted by atomic mass is 16.5. The van der Waals surface area contributed by atoms with Crippen molar-refractivity contribution in [2.24, 2.45) is 5.41 Å². The van der Waals surface area contributed by atoms with Crippen LogP contribution in [0, 0.1) is 5.41 Å². The van der Waals surface area contributed by atoms with Crippen LogP contribution >= 0.6 is 0 Å². The van der Waals surface area contributed by atoms with E-state index in [1.54, 1.807) is 0 Å². The summed E-state index contributed by atoms with van der Waals surface area (Å²) in [6.45, 7) is 9.09. The van der Waals surface area contributed by atoms with E-state index in [0.717, 1.165) is 64.2 Å². The maximum Gasteiger partial charge on any atom is 0.305 e. The molecular weight excluding hydrogens is 316 g/mol. The number of hydrogen-bond acceptors (Lipinski definition) is 4. The van der Waals surface area contributed by atoms with Crippen LogP contribution in [0.4, 0.5) is 0 Å². The number of hydrogen-bond donors (Lipinski definition) is 0. The molecule has 0 N–H and O–H groups in total. The van der Waals surface area contributed by atoms with Crippen molar-refractivity contribution in [2.45, 2.75) is 105 Å². The fourth-order valence-corrected chi connectivity index (χ4v) is 2.84. The molecule has 0 aliphatic heterocycles. The third-order valence-corrected chi connectivity index (χ3v) is 4.49. The molecule has 0 saturated heterocycles. The summed E-state index contributed by atoms with van der Waals surface area (Å²) in [4.78, 5) is 23.7. The van der Waals surface area contributed by atoms with Gasteiger partial charge in [0, 0.05) is 18.3 Å². The van der Waals surface area contributed by atoms with Gasteiger partial charge in [-0.1, -0.05) is 72.6 Å². The third kappa shape index (κ3) is 13.9. The third-order valence-electron chi connectivity index (χ3n) is 4.49. The van der Waals surface area contributed by atoms with Gasteiger partial charge in [0.2, 0.25) is 0 Å². The number of carbonyl (C=O) groups excluding carboxylic acids is 2. The van der Waals surface area contributed by atoms with Crippen LogP contribution in [0.15, 0.2) is 0 Å². The molecular formula is C21H40O4. The normalized spacial score (nSPS) is 11.4. The molecule has 0 aromatic rings. The average Bonchev–Trinajstić information content (AvgIpc) is 2.59. The topological polar surface area (TPSA) is 52.6 Å². The number of esters is 2. The molecule has 25 heavy (non-hydrogen) atoms. The van der Waals surface area contributed by atoms with Crippen LogP contribution in [0.3, 0.4) is 0 Å². The van der Waals surface area contributed by atoms with Gasteiger partial charge in [-0.15, -0.1) is 0 Å². The summed E-state index contributed by atoms with van der Waals surface area (Å²) in [7, 11) is 0. The van der Waals surface area contributed by atoms with E-state index in [0.29, 0.717) is 26.1 Å². The highest BCUT2D eigenvalue weighted by Crippen LogP contribution is 2.25. The van der Waals surface area contributed by atoms with Gasteiger partial charge < -0.3 is 9.47 Å². The minimum absolute atomic E-state index is 0.135. The van der Waals surface area contributed by atoms with Crippen LogP contribution in [0.5, 0.6) is 0 Å². The summed E-state index contributed by atoms with van der Waals surface area (Å²) in [5, 5.41) is 0. The molecule has 0 aliphatic rings. The molecule has 0 aliphatic carbocycles. The van der Waals surface area contributed by atoms with E-state index in [9.17, 15) is 9.59 Å². The Bertz CT molecular complexity index is 324. The molecule has 0 saturated carbocycles. The number of ether oxygens (including phenoxy) is 2. The number of unbranched alkanes of at least 4 members (excludes halogenated alkanes) is 6. The Morgan fingerprint density at radius 2 is 1.12 bits per heavy atom. The van der Waals surface area contributed by atoms with Crippen molar-refractivity contribution in [1.29, 1.82) is 0 Å². The SMILES string of the molecule is CCCCCCC(=O)OCC(C)(CCC)COC(=O)CCCCCC. The molecule has 0 bridgehead atoms. The second-order valence-corrected chi connectivity index (χ2v) is 7.50. The van der Waals surface area contributed by atoms with Gasteiger partial charge in [-0.05, 0) is 19.3 Å². The summed E-state index contributed by atoms with van der Waals surface area (Å²) in [6.07, 6.45) is 11.4. The lowest BCUT2D eigenvalue weighted by Gasteiger charge is -2.28. The molecule has 0 atom stereocenters. The quantitative estimate of drug-likeness (QED) is 0.258. The Hall–Kier alpha value is -1.06. The Morgan fingerprint density at radius 1 is 0.680 bits per heavy atom. The zero-order valence-corrected chi connectivity index (χ0v) is 17.0. The van der Waals surface area contributed by atoms with E-state index in [-0.39, 0.29) is 17.4 Å². The van der Waals surface area contributed by atoms with Gasteiger partial charge >= 0.3 is 11.9 Å². The maximum atomic E-state index is 11.9. The lowest BCUT2D eigenvalue weighted by atomic mass is 9.87. The monoisotopic (exact) mass is 356 g/mol. The van der Waals surface area contributed by atoms with Gasteiger partial charge in [0.05, 0.1) is 13.2 Å². The summed E-state index contributed by atoms with van der Waals surface area (Å²) < 4.78 is 10.9. The molecule has 0 aromatic carbocycles. The van der Waals surface area contributed by atoms with Crippen molar-refractivity contribution in [3.8, 4) is 0 Å².